The second-order valence-corrected chi connectivity index (χ2v) is 6.29. The van der Waals surface area contributed by atoms with E-state index in [4.69, 9.17) is 16.3 Å². The molecule has 1 aliphatic rings. The Balaban J connectivity index is 1.86. The maximum Gasteiger partial charge on any atom is 0.310 e. The molecule has 1 heterocycles. The summed E-state index contributed by atoms with van der Waals surface area (Å²) in [5, 5.41) is 11.6. The van der Waals surface area contributed by atoms with Crippen molar-refractivity contribution in [2.75, 3.05) is 6.54 Å². The van der Waals surface area contributed by atoms with Gasteiger partial charge in [0.2, 0.25) is 6.54 Å². The molecule has 24 heavy (non-hydrogen) atoms. The Labute approximate surface area is 144 Å². The molecule has 0 radical (unpaired) electrons. The number of esters is 1. The summed E-state index contributed by atoms with van der Waals surface area (Å²) in [5.41, 5.74) is 1.64. The Morgan fingerprint density at radius 1 is 1.17 bits per heavy atom. The number of nitrogens with zero attached hydrogens (tertiary/aromatic N) is 1. The van der Waals surface area contributed by atoms with E-state index in [1.165, 1.54) is 0 Å². The zero-order valence-corrected chi connectivity index (χ0v) is 13.6. The minimum absolute atomic E-state index is 0.317. The highest BCUT2D eigenvalue weighted by Crippen LogP contribution is 2.41. The van der Waals surface area contributed by atoms with Crippen molar-refractivity contribution in [3.63, 3.8) is 0 Å². The van der Waals surface area contributed by atoms with Gasteiger partial charge in [0.25, 0.3) is 0 Å². The first kappa shape index (κ1) is 16.5. The molecule has 0 amide bonds. The monoisotopic (exact) mass is 345 g/mol. The summed E-state index contributed by atoms with van der Waals surface area (Å²) in [6, 6.07) is 16.3. The topological polar surface area (TPSA) is 69.4 Å². The number of carbonyl (C=O) groups excluding carboxylic acids is 1. The van der Waals surface area contributed by atoms with E-state index >= 15 is 0 Å². The lowest BCUT2D eigenvalue weighted by molar-refractivity contribution is -0.484. The molecule has 5 nitrogen and oxygen atoms in total. The van der Waals surface area contributed by atoms with Crippen molar-refractivity contribution in [2.45, 2.75) is 18.4 Å². The van der Waals surface area contributed by atoms with Gasteiger partial charge in [0, 0.05) is 16.4 Å². The molecular weight excluding hydrogens is 330 g/mol. The summed E-state index contributed by atoms with van der Waals surface area (Å²) in [5.74, 6) is -1.45. The molecule has 2 aromatic rings. The van der Waals surface area contributed by atoms with Crippen LogP contribution in [0.3, 0.4) is 0 Å². The van der Waals surface area contributed by atoms with Crippen LogP contribution >= 0.6 is 11.6 Å². The highest BCUT2D eigenvalue weighted by molar-refractivity contribution is 6.30. The third kappa shape index (κ3) is 3.57. The van der Waals surface area contributed by atoms with Crippen molar-refractivity contribution in [2.24, 2.45) is 5.92 Å². The van der Waals surface area contributed by atoms with E-state index in [0.29, 0.717) is 11.4 Å². The SMILES string of the molecule is O=C1O[C@H](c2ccccc2)C[C@@H]1[C@H](C[N+](=O)[O-])c1ccc(Cl)cc1. The Kier molecular flexibility index (Phi) is 4.81. The highest BCUT2D eigenvalue weighted by atomic mass is 35.5. The fraction of sp³-hybridized carbons (Fsp3) is 0.278. The average Bonchev–Trinajstić information content (AvgIpc) is 2.96. The van der Waals surface area contributed by atoms with Gasteiger partial charge >= 0.3 is 5.97 Å². The number of cyclic esters (lactones) is 1. The number of hydrogen-bond donors (Lipinski definition) is 0. The van der Waals surface area contributed by atoms with E-state index in [9.17, 15) is 14.9 Å². The molecule has 2 aromatic carbocycles. The fourth-order valence-electron chi connectivity index (χ4n) is 3.14. The number of rotatable bonds is 5. The van der Waals surface area contributed by atoms with Gasteiger partial charge in [-0.05, 0) is 23.3 Å². The van der Waals surface area contributed by atoms with Crippen LogP contribution in [0.15, 0.2) is 54.6 Å². The van der Waals surface area contributed by atoms with Gasteiger partial charge in [0.05, 0.1) is 11.8 Å². The first-order valence-corrected chi connectivity index (χ1v) is 8.05. The molecular formula is C18H16ClNO4. The van der Waals surface area contributed by atoms with Crippen LogP contribution in [0, 0.1) is 16.0 Å². The lowest BCUT2D eigenvalue weighted by Crippen LogP contribution is -2.24. The molecule has 1 aliphatic heterocycles. The quantitative estimate of drug-likeness (QED) is 0.466. The normalized spacial score (nSPS) is 21.3. The molecule has 0 aliphatic carbocycles. The van der Waals surface area contributed by atoms with Gasteiger partial charge in [-0.25, -0.2) is 0 Å². The van der Waals surface area contributed by atoms with E-state index in [0.717, 1.165) is 11.1 Å². The number of hydrogen-bond acceptors (Lipinski definition) is 4. The summed E-state index contributed by atoms with van der Waals surface area (Å²) in [6.07, 6.45) is 0.0783. The summed E-state index contributed by atoms with van der Waals surface area (Å²) >= 11 is 5.89. The lowest BCUT2D eigenvalue weighted by Gasteiger charge is -2.17. The molecule has 0 aromatic heterocycles. The molecule has 0 bridgehead atoms. The molecule has 0 saturated carbocycles. The molecule has 1 fully saturated rings. The minimum atomic E-state index is -0.540. The Morgan fingerprint density at radius 3 is 2.46 bits per heavy atom. The Morgan fingerprint density at radius 2 is 1.83 bits per heavy atom. The second-order valence-electron chi connectivity index (χ2n) is 5.85. The van der Waals surface area contributed by atoms with Crippen molar-refractivity contribution in [3.05, 3.63) is 80.9 Å². The fourth-order valence-corrected chi connectivity index (χ4v) is 3.26. The largest absolute Gasteiger partial charge is 0.457 e. The van der Waals surface area contributed by atoms with Crippen LogP contribution in [0.4, 0.5) is 0 Å². The summed E-state index contributed by atoms with van der Waals surface area (Å²) < 4.78 is 5.48. The van der Waals surface area contributed by atoms with Gasteiger partial charge in [-0.3, -0.25) is 14.9 Å². The molecule has 1 saturated heterocycles. The molecule has 6 heteroatoms. The number of benzene rings is 2. The van der Waals surface area contributed by atoms with Gasteiger partial charge in [-0.15, -0.1) is 0 Å². The Bertz CT molecular complexity index is 732. The van der Waals surface area contributed by atoms with Crippen LogP contribution in [0.2, 0.25) is 5.02 Å². The smallest absolute Gasteiger partial charge is 0.310 e. The van der Waals surface area contributed by atoms with E-state index < -0.39 is 11.8 Å². The average molecular weight is 346 g/mol. The summed E-state index contributed by atoms with van der Waals surface area (Å²) in [6.45, 7) is -0.317. The van der Waals surface area contributed by atoms with Crippen LogP contribution in [0.5, 0.6) is 0 Å². The molecule has 124 valence electrons. The van der Waals surface area contributed by atoms with Gasteiger partial charge in [0.1, 0.15) is 6.10 Å². The van der Waals surface area contributed by atoms with E-state index in [1.807, 2.05) is 30.3 Å². The van der Waals surface area contributed by atoms with Crippen molar-refractivity contribution in [1.29, 1.82) is 0 Å². The van der Waals surface area contributed by atoms with Crippen LogP contribution < -0.4 is 0 Å². The maximum atomic E-state index is 12.4. The van der Waals surface area contributed by atoms with Crippen molar-refractivity contribution in [3.8, 4) is 0 Å². The molecule has 3 rings (SSSR count). The zero-order chi connectivity index (χ0) is 17.1. The van der Waals surface area contributed by atoms with Crippen LogP contribution in [-0.2, 0) is 9.53 Å². The van der Waals surface area contributed by atoms with E-state index in [2.05, 4.69) is 0 Å². The zero-order valence-electron chi connectivity index (χ0n) is 12.8. The molecule has 0 N–H and O–H groups in total. The summed E-state index contributed by atoms with van der Waals surface area (Å²) in [4.78, 5) is 23.1. The van der Waals surface area contributed by atoms with Crippen molar-refractivity contribution >= 4 is 17.6 Å². The van der Waals surface area contributed by atoms with Gasteiger partial charge in [0.15, 0.2) is 0 Å². The van der Waals surface area contributed by atoms with Crippen molar-refractivity contribution < 1.29 is 14.5 Å². The number of nitro groups is 1. The summed E-state index contributed by atoms with van der Waals surface area (Å²) in [7, 11) is 0. The second kappa shape index (κ2) is 7.01. The van der Waals surface area contributed by atoms with Crippen LogP contribution in [0.1, 0.15) is 29.6 Å². The third-order valence-corrected chi connectivity index (χ3v) is 4.58. The predicted molar refractivity (Wildman–Crippen MR) is 89.4 cm³/mol. The van der Waals surface area contributed by atoms with Gasteiger partial charge in [-0.1, -0.05) is 54.1 Å². The lowest BCUT2D eigenvalue weighted by atomic mass is 9.83. The molecule has 3 atom stereocenters. The number of ether oxygens (including phenoxy) is 1. The van der Waals surface area contributed by atoms with Crippen LogP contribution in [-0.4, -0.2) is 17.4 Å². The Hall–Kier alpha value is -2.40. The van der Waals surface area contributed by atoms with Gasteiger partial charge < -0.3 is 4.74 Å². The van der Waals surface area contributed by atoms with Crippen LogP contribution in [0.25, 0.3) is 0 Å². The highest BCUT2D eigenvalue weighted by Gasteiger charge is 2.42. The first-order valence-electron chi connectivity index (χ1n) is 7.67. The van der Waals surface area contributed by atoms with E-state index in [1.54, 1.807) is 24.3 Å². The molecule has 0 spiro atoms. The predicted octanol–water partition coefficient (Wildman–Crippen LogP) is 4.00. The maximum absolute atomic E-state index is 12.4. The number of halogens is 1. The first-order chi connectivity index (χ1) is 11.5. The molecule has 0 unspecified atom stereocenters. The number of carbonyl (C=O) groups is 1. The van der Waals surface area contributed by atoms with E-state index in [-0.39, 0.29) is 23.5 Å². The minimum Gasteiger partial charge on any atom is -0.457 e. The van der Waals surface area contributed by atoms with Gasteiger partial charge in [-0.2, -0.15) is 0 Å². The standard InChI is InChI=1S/C18H16ClNO4/c19-14-8-6-12(7-9-14)16(11-20(22)23)15-10-17(24-18(15)21)13-4-2-1-3-5-13/h1-9,15-17H,10-11H2/t15-,16-,17+/m1/s1. The third-order valence-electron chi connectivity index (χ3n) is 4.33. The van der Waals surface area contributed by atoms with Crippen molar-refractivity contribution in [1.82, 2.24) is 0 Å².